The quantitative estimate of drug-likeness (QED) is 0.0449. The number of allylic oxidation sites excluding steroid dienone is 2. The van der Waals surface area contributed by atoms with Gasteiger partial charge in [-0.05, 0) is 75.4 Å². The van der Waals surface area contributed by atoms with Crippen molar-refractivity contribution in [3.63, 3.8) is 0 Å². The normalized spacial score (nSPS) is 18.6. The van der Waals surface area contributed by atoms with E-state index in [0.717, 1.165) is 29.5 Å². The van der Waals surface area contributed by atoms with Crippen molar-refractivity contribution in [3.05, 3.63) is 93.6 Å². The Kier molecular flexibility index (Phi) is 20.5. The van der Waals surface area contributed by atoms with Crippen LogP contribution in [0.2, 0.25) is 0 Å². The van der Waals surface area contributed by atoms with Gasteiger partial charge in [-0.25, -0.2) is 4.79 Å². The molecular formula is C58H70N6O15S. The molecule has 3 fully saturated rings. The molecule has 0 aliphatic carbocycles. The van der Waals surface area contributed by atoms with Crippen LogP contribution in [-0.4, -0.2) is 167 Å². The number of benzene rings is 3. The summed E-state index contributed by atoms with van der Waals surface area (Å²) in [5, 5.41) is 3.44. The van der Waals surface area contributed by atoms with Crippen LogP contribution in [0.25, 0.3) is 0 Å². The number of carbonyl (C=O) groups excluding carboxylic acids is 6. The highest BCUT2D eigenvalue weighted by molar-refractivity contribution is 8.00. The molecule has 22 heteroatoms. The van der Waals surface area contributed by atoms with Crippen LogP contribution in [0.4, 0.5) is 11.4 Å². The van der Waals surface area contributed by atoms with Crippen LogP contribution in [0, 0.1) is 0 Å². The van der Waals surface area contributed by atoms with Crippen LogP contribution in [0.5, 0.6) is 23.0 Å². The van der Waals surface area contributed by atoms with E-state index < -0.39 is 22.5 Å². The maximum Gasteiger partial charge on any atom is 0.335 e. The highest BCUT2D eigenvalue weighted by atomic mass is 32.2. The first kappa shape index (κ1) is 59.0. The summed E-state index contributed by atoms with van der Waals surface area (Å²) < 4.78 is 46.0. The topological polar surface area (TPSA) is 232 Å². The van der Waals surface area contributed by atoms with Crippen LogP contribution in [0.15, 0.2) is 75.7 Å². The Hall–Kier alpha value is -7.11. The smallest absolute Gasteiger partial charge is 0.335 e. The fourth-order valence-electron chi connectivity index (χ4n) is 9.49. The van der Waals surface area contributed by atoms with Crippen molar-refractivity contribution in [1.82, 2.24) is 20.2 Å². The number of hydroxylamine groups is 2. The molecule has 0 radical (unpaired) electrons. The minimum Gasteiger partial charge on any atom is -0.493 e. The zero-order valence-corrected chi connectivity index (χ0v) is 47.0. The Bertz CT molecular complexity index is 2770. The zero-order valence-electron chi connectivity index (χ0n) is 46.2. The van der Waals surface area contributed by atoms with Gasteiger partial charge in [-0.2, -0.15) is 0 Å². The maximum atomic E-state index is 13.8. The number of amides is 5. The molecule has 0 unspecified atom stereocenters. The van der Waals surface area contributed by atoms with E-state index in [1.165, 1.54) is 37.1 Å². The van der Waals surface area contributed by atoms with Gasteiger partial charge in [0.15, 0.2) is 23.0 Å². The molecule has 80 heavy (non-hydrogen) atoms. The number of hydrogen-bond donors (Lipinski definition) is 1. The predicted octanol–water partition coefficient (Wildman–Crippen LogP) is 6.76. The van der Waals surface area contributed by atoms with Crippen LogP contribution in [0.3, 0.4) is 0 Å². The fraction of sp³-hybridized carbons (Fsp3) is 0.483. The molecule has 5 aliphatic rings. The molecule has 1 N–H and O–H groups in total. The molecule has 3 saturated heterocycles. The van der Waals surface area contributed by atoms with Crippen molar-refractivity contribution in [2.75, 3.05) is 92.5 Å². The second-order valence-electron chi connectivity index (χ2n) is 19.9. The lowest BCUT2D eigenvalue weighted by atomic mass is 9.97. The van der Waals surface area contributed by atoms with Crippen molar-refractivity contribution in [3.8, 4) is 23.0 Å². The van der Waals surface area contributed by atoms with Crippen LogP contribution in [-0.2, 0) is 60.9 Å². The number of thioether (sulfide) groups is 1. The Morgan fingerprint density at radius 3 is 1.60 bits per heavy atom. The first-order valence-electron chi connectivity index (χ1n) is 26.8. The average Bonchev–Trinajstić information content (AvgIpc) is 4.17. The summed E-state index contributed by atoms with van der Waals surface area (Å²) in [5.41, 5.74) is 6.81. The minimum absolute atomic E-state index is 0.0332. The lowest BCUT2D eigenvalue weighted by molar-refractivity contribution is -0.198. The van der Waals surface area contributed by atoms with Crippen molar-refractivity contribution in [2.45, 2.75) is 89.8 Å². The predicted molar refractivity (Wildman–Crippen MR) is 297 cm³/mol. The third-order valence-electron chi connectivity index (χ3n) is 14.1. The fourth-order valence-corrected chi connectivity index (χ4v) is 10.4. The molecule has 3 aromatic rings. The number of ether oxygens (including phenoxy) is 8. The van der Waals surface area contributed by atoms with Gasteiger partial charge in [-0.1, -0.05) is 35.4 Å². The summed E-state index contributed by atoms with van der Waals surface area (Å²) in [6.45, 7) is 11.9. The molecule has 2 atom stereocenters. The van der Waals surface area contributed by atoms with Gasteiger partial charge in [0, 0.05) is 61.8 Å². The van der Waals surface area contributed by atoms with E-state index in [9.17, 15) is 28.8 Å². The van der Waals surface area contributed by atoms with Gasteiger partial charge in [-0.3, -0.25) is 34.0 Å². The molecule has 0 saturated carbocycles. The van der Waals surface area contributed by atoms with Crippen LogP contribution >= 0.6 is 11.8 Å². The molecule has 5 heterocycles. The van der Waals surface area contributed by atoms with Gasteiger partial charge >= 0.3 is 5.97 Å². The van der Waals surface area contributed by atoms with E-state index in [-0.39, 0.29) is 87.9 Å². The largest absolute Gasteiger partial charge is 0.493 e. The van der Waals surface area contributed by atoms with Crippen molar-refractivity contribution >= 4 is 71.1 Å². The third kappa shape index (κ3) is 15.0. The lowest BCUT2D eigenvalue weighted by Gasteiger charge is -2.26. The lowest BCUT2D eigenvalue weighted by Crippen LogP contribution is -2.35. The van der Waals surface area contributed by atoms with E-state index in [0.29, 0.717) is 103 Å². The Morgan fingerprint density at radius 1 is 0.650 bits per heavy atom. The third-order valence-corrected chi connectivity index (χ3v) is 15.4. The molecule has 0 bridgehead atoms. The minimum atomic E-state index is -0.726. The second kappa shape index (κ2) is 27.9. The van der Waals surface area contributed by atoms with E-state index in [1.54, 1.807) is 24.3 Å². The van der Waals surface area contributed by atoms with Gasteiger partial charge in [0.1, 0.15) is 13.2 Å². The van der Waals surface area contributed by atoms with Gasteiger partial charge in [0.05, 0.1) is 114 Å². The summed E-state index contributed by atoms with van der Waals surface area (Å²) in [6.07, 6.45) is 9.19. The number of hydrogen-bond acceptors (Lipinski definition) is 18. The van der Waals surface area contributed by atoms with Gasteiger partial charge in [0.2, 0.25) is 5.91 Å². The first-order chi connectivity index (χ1) is 38.7. The van der Waals surface area contributed by atoms with Crippen molar-refractivity contribution in [2.24, 2.45) is 9.98 Å². The van der Waals surface area contributed by atoms with Gasteiger partial charge in [0.25, 0.3) is 23.6 Å². The zero-order chi connectivity index (χ0) is 56.8. The monoisotopic (exact) mass is 1120 g/mol. The van der Waals surface area contributed by atoms with Crippen LogP contribution < -0.4 is 24.3 Å². The molecule has 8 rings (SSSR count). The summed E-state index contributed by atoms with van der Waals surface area (Å²) >= 11 is 1.48. The summed E-state index contributed by atoms with van der Waals surface area (Å²) in [6, 6.07) is 12.7. The Morgan fingerprint density at radius 2 is 1.12 bits per heavy atom. The molecular weight excluding hydrogens is 1050 g/mol. The van der Waals surface area contributed by atoms with Gasteiger partial charge in [-0.15, -0.1) is 16.8 Å². The number of imide groups is 1. The number of methoxy groups -OCH3 is 2. The number of nitrogens with zero attached hydrogens (tertiary/aromatic N) is 5. The van der Waals surface area contributed by atoms with E-state index >= 15 is 0 Å². The van der Waals surface area contributed by atoms with Crippen molar-refractivity contribution < 1.29 is 71.5 Å². The molecule has 3 aromatic carbocycles. The molecule has 21 nitrogen and oxygen atoms in total. The SMILES string of the molecule is C/C=C1\C[C@H]2C=Nc3cc(OCc4cc(COc5cc6c(cc5OC)C(=O)N5C/C(=C/C)C[C@H]5C=N6)cc(C(C)(C)SCC(=O)NCCOCCOCCOCCOCCC(=O)ON5C(=O)CCC5=O)c4)c(OC)cc3C(=O)N2C1. The molecule has 5 aliphatic heterocycles. The number of rotatable bonds is 28. The number of fused-ring (bicyclic) bond motifs is 4. The van der Waals surface area contributed by atoms with E-state index in [1.807, 2.05) is 54.3 Å². The maximum absolute atomic E-state index is 13.8. The highest BCUT2D eigenvalue weighted by Gasteiger charge is 2.37. The molecule has 0 spiro atoms. The molecule has 428 valence electrons. The average molecular weight is 1120 g/mol. The summed E-state index contributed by atoms with van der Waals surface area (Å²) in [5.74, 6) is -0.363. The summed E-state index contributed by atoms with van der Waals surface area (Å²) in [7, 11) is 3.08. The summed E-state index contributed by atoms with van der Waals surface area (Å²) in [4.78, 5) is 93.7. The standard InChI is InChI=1S/C58H70N6O15S/c1-7-37-24-42-30-60-46-28-50(48(71-5)26-44(46)56(69)62(42)32-37)77-34-39-21-40(35-78-51-29-47-45(27-49(51)72-6)57(70)63-33-38(8-2)25-43(63)31-61-47)23-41(22-39)58(3,4)80-36-52(65)59-12-14-74-16-18-76-20-19-75-17-15-73-13-11-55(68)79-64-53(66)9-10-54(64)67/h7-8,21-23,26-31,42-43H,9-20,24-25,32-36H2,1-6H3,(H,59,65)/b37-7+,38-8+/t42-,43-/m0/s1. The number of nitrogens with one attached hydrogen (secondary N) is 1. The van der Waals surface area contributed by atoms with Crippen molar-refractivity contribution in [1.29, 1.82) is 0 Å². The first-order valence-corrected chi connectivity index (χ1v) is 27.8. The van der Waals surface area contributed by atoms with E-state index in [4.69, 9.17) is 52.7 Å². The number of aliphatic imine (C=N–C) groups is 2. The number of carbonyl (C=O) groups is 6. The highest BCUT2D eigenvalue weighted by Crippen LogP contribution is 2.42. The molecule has 0 aromatic heterocycles. The molecule has 5 amide bonds. The Labute approximate surface area is 469 Å². The van der Waals surface area contributed by atoms with E-state index in [2.05, 4.69) is 31.3 Å². The second-order valence-corrected chi connectivity index (χ2v) is 21.5. The Balaban J connectivity index is 0.834. The van der Waals surface area contributed by atoms with Crippen LogP contribution in [0.1, 0.15) is 97.2 Å². The van der Waals surface area contributed by atoms with Gasteiger partial charge < -0.3 is 57.8 Å².